The lowest BCUT2D eigenvalue weighted by atomic mass is 10.2. The summed E-state index contributed by atoms with van der Waals surface area (Å²) in [5.41, 5.74) is 0.347. The fraction of sp³-hybridized carbons (Fsp3) is 0. The van der Waals surface area contributed by atoms with Crippen molar-refractivity contribution in [3.05, 3.63) is 40.2 Å². The van der Waals surface area contributed by atoms with Crippen LogP contribution in [0.1, 0.15) is 5.56 Å². The molecule has 0 atom stereocenters. The number of H-pyrrole nitrogens is 1. The first-order valence-corrected chi connectivity index (χ1v) is 5.51. The molecule has 0 spiro atoms. The summed E-state index contributed by atoms with van der Waals surface area (Å²) < 4.78 is 0. The molecule has 92 valence electrons. The van der Waals surface area contributed by atoms with Gasteiger partial charge in [-0.3, -0.25) is 15.2 Å². The molecular formula is C9H7N5O3S. The number of benzene rings is 1. The van der Waals surface area contributed by atoms with Crippen LogP contribution in [0, 0.1) is 10.1 Å². The van der Waals surface area contributed by atoms with E-state index in [1.54, 1.807) is 12.1 Å². The van der Waals surface area contributed by atoms with Gasteiger partial charge in [0, 0.05) is 11.6 Å². The first-order valence-electron chi connectivity index (χ1n) is 4.70. The summed E-state index contributed by atoms with van der Waals surface area (Å²) >= 11 is 1.10. The second kappa shape index (κ2) is 5.27. The van der Waals surface area contributed by atoms with Gasteiger partial charge in [-0.1, -0.05) is 11.2 Å². The maximum Gasteiger partial charge on any atom is 0.283 e. The largest absolute Gasteiger partial charge is 0.411 e. The molecule has 0 saturated heterocycles. The summed E-state index contributed by atoms with van der Waals surface area (Å²) in [4.78, 5) is 14.7. The van der Waals surface area contributed by atoms with E-state index >= 15 is 0 Å². The van der Waals surface area contributed by atoms with Crippen LogP contribution in [0.2, 0.25) is 0 Å². The van der Waals surface area contributed by atoms with Gasteiger partial charge in [-0.2, -0.15) is 5.10 Å². The van der Waals surface area contributed by atoms with Crippen molar-refractivity contribution < 1.29 is 10.1 Å². The Morgan fingerprint density at radius 3 is 3.00 bits per heavy atom. The van der Waals surface area contributed by atoms with Gasteiger partial charge in [0.25, 0.3) is 5.69 Å². The van der Waals surface area contributed by atoms with E-state index in [0.717, 1.165) is 18.0 Å². The predicted octanol–water partition coefficient (Wildman–Crippen LogP) is 1.67. The lowest BCUT2D eigenvalue weighted by Gasteiger charge is -2.01. The molecule has 0 unspecified atom stereocenters. The van der Waals surface area contributed by atoms with Gasteiger partial charge in [-0.15, -0.1) is 0 Å². The van der Waals surface area contributed by atoms with E-state index in [0.29, 0.717) is 15.6 Å². The van der Waals surface area contributed by atoms with Crippen molar-refractivity contribution in [1.82, 2.24) is 15.2 Å². The van der Waals surface area contributed by atoms with Crippen molar-refractivity contribution in [1.29, 1.82) is 0 Å². The third kappa shape index (κ3) is 2.63. The molecule has 0 aliphatic rings. The zero-order valence-electron chi connectivity index (χ0n) is 8.85. The van der Waals surface area contributed by atoms with Gasteiger partial charge in [-0.25, -0.2) is 4.98 Å². The van der Waals surface area contributed by atoms with Crippen molar-refractivity contribution in [3.63, 3.8) is 0 Å². The maximum atomic E-state index is 10.9. The molecule has 2 N–H and O–H groups in total. The van der Waals surface area contributed by atoms with Crippen LogP contribution in [0.5, 0.6) is 0 Å². The molecule has 1 heterocycles. The van der Waals surface area contributed by atoms with Gasteiger partial charge >= 0.3 is 0 Å². The quantitative estimate of drug-likeness (QED) is 0.376. The number of nitro groups is 1. The van der Waals surface area contributed by atoms with Gasteiger partial charge in [-0.05, 0) is 17.8 Å². The molecule has 0 saturated carbocycles. The Labute approximate surface area is 105 Å². The van der Waals surface area contributed by atoms with Gasteiger partial charge in [0.05, 0.1) is 16.0 Å². The highest BCUT2D eigenvalue weighted by Gasteiger charge is 2.16. The van der Waals surface area contributed by atoms with Crippen molar-refractivity contribution in [2.24, 2.45) is 5.16 Å². The van der Waals surface area contributed by atoms with Crippen molar-refractivity contribution in [2.45, 2.75) is 10.1 Å². The average molecular weight is 265 g/mol. The monoisotopic (exact) mass is 265 g/mol. The van der Waals surface area contributed by atoms with Crippen LogP contribution in [0.15, 0.2) is 39.7 Å². The highest BCUT2D eigenvalue weighted by molar-refractivity contribution is 7.99. The van der Waals surface area contributed by atoms with Crippen LogP contribution in [0.4, 0.5) is 5.69 Å². The zero-order chi connectivity index (χ0) is 13.0. The van der Waals surface area contributed by atoms with E-state index in [1.165, 1.54) is 12.4 Å². The van der Waals surface area contributed by atoms with Gasteiger partial charge in [0.2, 0.25) is 0 Å². The average Bonchev–Trinajstić information content (AvgIpc) is 2.84. The third-order valence-corrected chi connectivity index (χ3v) is 2.94. The van der Waals surface area contributed by atoms with E-state index in [4.69, 9.17) is 5.21 Å². The number of oxime groups is 1. The van der Waals surface area contributed by atoms with E-state index in [-0.39, 0.29) is 5.69 Å². The number of aromatic amines is 1. The van der Waals surface area contributed by atoms with Crippen LogP contribution in [0.3, 0.4) is 0 Å². The second-order valence-electron chi connectivity index (χ2n) is 3.12. The number of rotatable bonds is 4. The molecule has 0 amide bonds. The Balaban J connectivity index is 2.37. The van der Waals surface area contributed by atoms with Gasteiger partial charge in [0.15, 0.2) is 5.16 Å². The number of nitrogens with zero attached hydrogens (tertiary/aromatic N) is 4. The molecule has 2 aromatic rings. The lowest BCUT2D eigenvalue weighted by Crippen LogP contribution is -1.93. The van der Waals surface area contributed by atoms with Gasteiger partial charge in [0.1, 0.15) is 6.33 Å². The molecule has 1 aromatic carbocycles. The van der Waals surface area contributed by atoms with E-state index in [1.807, 2.05) is 0 Å². The molecule has 18 heavy (non-hydrogen) atoms. The Morgan fingerprint density at radius 2 is 2.39 bits per heavy atom. The Kier molecular flexibility index (Phi) is 3.53. The first-order chi connectivity index (χ1) is 8.70. The minimum absolute atomic E-state index is 0.0891. The summed E-state index contributed by atoms with van der Waals surface area (Å²) in [6, 6.07) is 4.48. The molecule has 0 aliphatic heterocycles. The standard InChI is InChI=1S/C9H7N5O3S/c15-12-4-6-1-2-8(7(3-6)14(16)17)18-9-10-5-11-13-9/h1-5,15H,(H,10,11,13). The fourth-order valence-corrected chi connectivity index (χ4v) is 2.04. The highest BCUT2D eigenvalue weighted by atomic mass is 32.2. The molecule has 2 rings (SSSR count). The number of aromatic nitrogens is 3. The second-order valence-corrected chi connectivity index (χ2v) is 4.15. The highest BCUT2D eigenvalue weighted by Crippen LogP contribution is 2.33. The fourth-order valence-electron chi connectivity index (χ4n) is 1.26. The van der Waals surface area contributed by atoms with Crippen LogP contribution in [-0.4, -0.2) is 31.5 Å². The molecule has 0 radical (unpaired) electrons. The molecule has 0 bridgehead atoms. The Morgan fingerprint density at radius 1 is 1.56 bits per heavy atom. The predicted molar refractivity (Wildman–Crippen MR) is 63.0 cm³/mol. The number of hydrogen-bond donors (Lipinski definition) is 2. The minimum atomic E-state index is -0.507. The maximum absolute atomic E-state index is 10.9. The summed E-state index contributed by atoms with van der Waals surface area (Å²) in [6.45, 7) is 0. The molecule has 9 heteroatoms. The lowest BCUT2D eigenvalue weighted by molar-refractivity contribution is -0.387. The third-order valence-electron chi connectivity index (χ3n) is 1.99. The van der Waals surface area contributed by atoms with E-state index in [9.17, 15) is 10.1 Å². The molecule has 0 fully saturated rings. The number of nitro benzene ring substituents is 1. The summed E-state index contributed by atoms with van der Waals surface area (Å²) in [7, 11) is 0. The molecular weight excluding hydrogens is 258 g/mol. The SMILES string of the molecule is O=[N+]([O-])c1cc(C=NO)ccc1Sc1ncn[nH]1. The van der Waals surface area contributed by atoms with E-state index in [2.05, 4.69) is 20.3 Å². The van der Waals surface area contributed by atoms with Crippen molar-refractivity contribution >= 4 is 23.7 Å². The smallest absolute Gasteiger partial charge is 0.283 e. The molecule has 1 aromatic heterocycles. The topological polar surface area (TPSA) is 117 Å². The van der Waals surface area contributed by atoms with Crippen molar-refractivity contribution in [3.8, 4) is 0 Å². The Bertz CT molecular complexity index is 584. The molecule has 8 nitrogen and oxygen atoms in total. The molecule has 0 aliphatic carbocycles. The van der Waals surface area contributed by atoms with Gasteiger partial charge < -0.3 is 5.21 Å². The van der Waals surface area contributed by atoms with Crippen LogP contribution in [-0.2, 0) is 0 Å². The normalized spacial score (nSPS) is 10.9. The van der Waals surface area contributed by atoms with Crippen LogP contribution < -0.4 is 0 Å². The van der Waals surface area contributed by atoms with Crippen LogP contribution >= 0.6 is 11.8 Å². The number of hydrogen-bond acceptors (Lipinski definition) is 7. The first kappa shape index (κ1) is 12.0. The van der Waals surface area contributed by atoms with Crippen molar-refractivity contribution in [2.75, 3.05) is 0 Å². The summed E-state index contributed by atoms with van der Waals surface area (Å²) in [5.74, 6) is 0. The zero-order valence-corrected chi connectivity index (χ0v) is 9.66. The summed E-state index contributed by atoms with van der Waals surface area (Å²) in [5, 5.41) is 28.9. The number of nitrogens with one attached hydrogen (secondary N) is 1. The minimum Gasteiger partial charge on any atom is -0.411 e. The van der Waals surface area contributed by atoms with E-state index < -0.39 is 4.92 Å². The van der Waals surface area contributed by atoms with Crippen LogP contribution in [0.25, 0.3) is 0 Å². The summed E-state index contributed by atoms with van der Waals surface area (Å²) in [6.07, 6.45) is 2.44. The Hall–Kier alpha value is -2.42.